The van der Waals surface area contributed by atoms with E-state index >= 15 is 0 Å². The molecule has 1 N–H and O–H groups in total. The van der Waals surface area contributed by atoms with Crippen molar-refractivity contribution in [2.75, 3.05) is 42.9 Å². The number of imidazole rings is 1. The molecule has 10 nitrogen and oxygen atoms in total. The number of nitrogens with one attached hydrogen (secondary N) is 1. The number of amidine groups is 1. The van der Waals surface area contributed by atoms with Crippen molar-refractivity contribution in [1.82, 2.24) is 29.4 Å². The van der Waals surface area contributed by atoms with Gasteiger partial charge in [-0.1, -0.05) is 6.92 Å². The molecule has 0 aliphatic carbocycles. The summed E-state index contributed by atoms with van der Waals surface area (Å²) in [5.41, 5.74) is 1.73. The topological polar surface area (TPSA) is 99.7 Å². The number of pyridine rings is 1. The Bertz CT molecular complexity index is 1240. The van der Waals surface area contributed by atoms with Crippen molar-refractivity contribution in [2.45, 2.75) is 40.7 Å². The first-order valence-electron chi connectivity index (χ1n) is 12.1. The standard InChI is InChI=1S/C25H33FN10/c1-7-34-10-12-35(13-11-34)19-8-9-21(28-14-19)31-25-29-15-20(26)22(32-25)23(27-6)33-24-17(4)30-18(5)36(24)16(2)3/h8-9,14-16H,6-7,10-13H2,1-5H3,(H,28,29,31,32). The number of rotatable bonds is 7. The predicted molar refractivity (Wildman–Crippen MR) is 142 cm³/mol. The molecule has 0 bridgehead atoms. The summed E-state index contributed by atoms with van der Waals surface area (Å²) in [6, 6.07) is 3.99. The van der Waals surface area contributed by atoms with Crippen LogP contribution in [-0.2, 0) is 0 Å². The average Bonchev–Trinajstić information content (AvgIpc) is 3.16. The molecule has 0 spiro atoms. The first-order valence-corrected chi connectivity index (χ1v) is 12.1. The molecule has 1 fully saturated rings. The van der Waals surface area contributed by atoms with Crippen LogP contribution < -0.4 is 10.2 Å². The molecule has 3 aromatic heterocycles. The van der Waals surface area contributed by atoms with Crippen LogP contribution in [0.3, 0.4) is 0 Å². The lowest BCUT2D eigenvalue weighted by atomic mass is 10.2. The van der Waals surface area contributed by atoms with Crippen LogP contribution in [0.25, 0.3) is 0 Å². The highest BCUT2D eigenvalue weighted by Crippen LogP contribution is 2.26. The van der Waals surface area contributed by atoms with Crippen molar-refractivity contribution in [3.8, 4) is 0 Å². The fraction of sp³-hybridized carbons (Fsp3) is 0.440. The van der Waals surface area contributed by atoms with E-state index in [-0.39, 0.29) is 23.5 Å². The first-order chi connectivity index (χ1) is 17.3. The Labute approximate surface area is 211 Å². The Balaban J connectivity index is 1.55. The van der Waals surface area contributed by atoms with Gasteiger partial charge in [0.25, 0.3) is 0 Å². The van der Waals surface area contributed by atoms with E-state index in [4.69, 9.17) is 0 Å². The lowest BCUT2D eigenvalue weighted by Gasteiger charge is -2.35. The molecule has 4 heterocycles. The van der Waals surface area contributed by atoms with Gasteiger partial charge in [-0.3, -0.25) is 0 Å². The molecule has 1 saturated heterocycles. The van der Waals surface area contributed by atoms with E-state index < -0.39 is 5.82 Å². The third kappa shape index (κ3) is 5.40. The number of piperazine rings is 1. The SMILES string of the molecule is C=NC(=Nc1c(C)nc(C)n1C(C)C)c1nc(Nc2ccc(N3CCN(CC)CC3)cn2)ncc1F. The van der Waals surface area contributed by atoms with Crippen LogP contribution in [0.1, 0.15) is 44.0 Å². The number of aliphatic imine (C=N–C) groups is 2. The molecule has 1 aliphatic heterocycles. The smallest absolute Gasteiger partial charge is 0.229 e. The zero-order chi connectivity index (χ0) is 25.8. The molecule has 0 radical (unpaired) electrons. The minimum Gasteiger partial charge on any atom is -0.368 e. The third-order valence-corrected chi connectivity index (χ3v) is 6.24. The van der Waals surface area contributed by atoms with Gasteiger partial charge in [-0.2, -0.15) is 0 Å². The van der Waals surface area contributed by atoms with Crippen molar-refractivity contribution in [3.63, 3.8) is 0 Å². The van der Waals surface area contributed by atoms with Gasteiger partial charge in [-0.25, -0.2) is 34.3 Å². The van der Waals surface area contributed by atoms with Gasteiger partial charge >= 0.3 is 0 Å². The molecule has 4 rings (SSSR count). The van der Waals surface area contributed by atoms with Crippen molar-refractivity contribution in [3.05, 3.63) is 47.6 Å². The number of aryl methyl sites for hydroxylation is 2. The van der Waals surface area contributed by atoms with Crippen molar-refractivity contribution in [2.24, 2.45) is 9.98 Å². The Kier molecular flexibility index (Phi) is 7.68. The van der Waals surface area contributed by atoms with Gasteiger partial charge in [0.1, 0.15) is 17.3 Å². The van der Waals surface area contributed by atoms with Crippen LogP contribution in [0.4, 0.5) is 27.7 Å². The molecule has 1 aliphatic rings. The Morgan fingerprint density at radius 3 is 2.47 bits per heavy atom. The summed E-state index contributed by atoms with van der Waals surface area (Å²) in [7, 11) is 0. The van der Waals surface area contributed by atoms with E-state index in [0.717, 1.165) is 56.1 Å². The van der Waals surface area contributed by atoms with Crippen molar-refractivity contribution >= 4 is 35.8 Å². The van der Waals surface area contributed by atoms with Crippen molar-refractivity contribution in [1.29, 1.82) is 0 Å². The molecule has 0 aromatic carbocycles. The fourth-order valence-electron chi connectivity index (χ4n) is 4.36. The molecule has 3 aromatic rings. The maximum Gasteiger partial charge on any atom is 0.229 e. The molecule has 0 atom stereocenters. The monoisotopic (exact) mass is 492 g/mol. The molecule has 0 unspecified atom stereocenters. The van der Waals surface area contributed by atoms with E-state index in [1.165, 1.54) is 0 Å². The Hall–Kier alpha value is -3.73. The minimum atomic E-state index is -0.647. The summed E-state index contributed by atoms with van der Waals surface area (Å²) >= 11 is 0. The third-order valence-electron chi connectivity index (χ3n) is 6.24. The second-order valence-electron chi connectivity index (χ2n) is 8.96. The van der Waals surface area contributed by atoms with E-state index in [0.29, 0.717) is 11.6 Å². The summed E-state index contributed by atoms with van der Waals surface area (Å²) in [4.78, 5) is 30.7. The molecule has 36 heavy (non-hydrogen) atoms. The van der Waals surface area contributed by atoms with Gasteiger partial charge in [0.15, 0.2) is 17.5 Å². The van der Waals surface area contributed by atoms with Gasteiger partial charge < -0.3 is 19.7 Å². The fourth-order valence-corrected chi connectivity index (χ4v) is 4.36. The second-order valence-corrected chi connectivity index (χ2v) is 8.96. The maximum atomic E-state index is 14.8. The van der Waals surface area contributed by atoms with Crippen LogP contribution >= 0.6 is 0 Å². The molecule has 11 heteroatoms. The summed E-state index contributed by atoms with van der Waals surface area (Å²) < 4.78 is 16.7. The molecule has 190 valence electrons. The first kappa shape index (κ1) is 25.4. The number of aromatic nitrogens is 5. The minimum absolute atomic E-state index is 0.0531. The van der Waals surface area contributed by atoms with E-state index in [1.807, 2.05) is 50.6 Å². The largest absolute Gasteiger partial charge is 0.368 e. The normalized spacial score (nSPS) is 15.0. The van der Waals surface area contributed by atoms with E-state index in [1.54, 1.807) is 0 Å². The molecular formula is C25H33FN10. The highest BCUT2D eigenvalue weighted by molar-refractivity contribution is 6.01. The highest BCUT2D eigenvalue weighted by atomic mass is 19.1. The van der Waals surface area contributed by atoms with Crippen LogP contribution in [0.5, 0.6) is 0 Å². The van der Waals surface area contributed by atoms with Gasteiger partial charge in [0.05, 0.1) is 23.8 Å². The van der Waals surface area contributed by atoms with E-state index in [9.17, 15) is 4.39 Å². The quantitative estimate of drug-likeness (QED) is 0.392. The Morgan fingerprint density at radius 2 is 1.86 bits per heavy atom. The predicted octanol–water partition coefficient (Wildman–Crippen LogP) is 4.07. The van der Waals surface area contributed by atoms with Gasteiger partial charge in [0, 0.05) is 32.2 Å². The number of hydrogen-bond acceptors (Lipinski definition) is 8. The summed E-state index contributed by atoms with van der Waals surface area (Å²) in [6.45, 7) is 18.7. The van der Waals surface area contributed by atoms with Crippen molar-refractivity contribution < 1.29 is 4.39 Å². The van der Waals surface area contributed by atoms with E-state index in [2.05, 4.69) is 58.7 Å². The molecular weight excluding hydrogens is 459 g/mol. The van der Waals surface area contributed by atoms with Gasteiger partial charge in [-0.05, 0) is 53.1 Å². The maximum absolute atomic E-state index is 14.8. The zero-order valence-electron chi connectivity index (χ0n) is 21.5. The summed E-state index contributed by atoms with van der Waals surface area (Å²) in [5, 5.41) is 3.04. The van der Waals surface area contributed by atoms with Crippen LogP contribution in [0, 0.1) is 19.7 Å². The number of halogens is 1. The number of nitrogens with zero attached hydrogens (tertiary/aromatic N) is 9. The summed E-state index contributed by atoms with van der Waals surface area (Å²) in [6.07, 6.45) is 2.91. The molecule has 0 saturated carbocycles. The van der Waals surface area contributed by atoms with Crippen LogP contribution in [-0.4, -0.2) is 74.7 Å². The lowest BCUT2D eigenvalue weighted by Crippen LogP contribution is -2.46. The number of likely N-dealkylation sites (N-methyl/N-ethyl adjacent to an activating group) is 1. The number of anilines is 3. The lowest BCUT2D eigenvalue weighted by molar-refractivity contribution is 0.271. The zero-order valence-corrected chi connectivity index (χ0v) is 21.5. The molecule has 0 amide bonds. The average molecular weight is 493 g/mol. The number of hydrogen-bond donors (Lipinski definition) is 1. The highest BCUT2D eigenvalue weighted by Gasteiger charge is 2.19. The van der Waals surface area contributed by atoms with Crippen LogP contribution in [0.15, 0.2) is 34.5 Å². The van der Waals surface area contributed by atoms with Gasteiger partial charge in [0.2, 0.25) is 5.95 Å². The Morgan fingerprint density at radius 1 is 1.11 bits per heavy atom. The van der Waals surface area contributed by atoms with Gasteiger partial charge in [-0.15, -0.1) is 0 Å². The summed E-state index contributed by atoms with van der Waals surface area (Å²) in [5.74, 6) is 1.55. The second kappa shape index (κ2) is 10.9. The van der Waals surface area contributed by atoms with Crippen LogP contribution in [0.2, 0.25) is 0 Å².